The minimum absolute atomic E-state index is 0.209. The Bertz CT molecular complexity index is 503. The molecule has 6 nitrogen and oxygen atoms in total. The number of nitrogens with one attached hydrogen (secondary N) is 2. The Morgan fingerprint density at radius 3 is 1.41 bits per heavy atom. The van der Waals surface area contributed by atoms with E-state index in [4.69, 9.17) is 10.5 Å². The lowest BCUT2D eigenvalue weighted by molar-refractivity contribution is -0.129. The van der Waals surface area contributed by atoms with Crippen molar-refractivity contribution in [2.75, 3.05) is 23.0 Å². The summed E-state index contributed by atoms with van der Waals surface area (Å²) in [6, 6.07) is 0. The van der Waals surface area contributed by atoms with Crippen molar-refractivity contribution in [1.82, 2.24) is 10.6 Å². The molecule has 0 rings (SSSR count). The summed E-state index contributed by atoms with van der Waals surface area (Å²) in [4.78, 5) is 23.4. The number of amides is 2. The van der Waals surface area contributed by atoms with Crippen LogP contribution in [0.25, 0.3) is 0 Å². The highest BCUT2D eigenvalue weighted by Crippen LogP contribution is 2.25. The molecule has 0 aromatic heterocycles. The van der Waals surface area contributed by atoms with Gasteiger partial charge in [-0.2, -0.15) is 34.0 Å². The van der Waals surface area contributed by atoms with Crippen molar-refractivity contribution in [2.45, 2.75) is 59.8 Å². The number of nitrogens with zero attached hydrogens (tertiary/aromatic N) is 2. The van der Waals surface area contributed by atoms with Gasteiger partial charge >= 0.3 is 0 Å². The van der Waals surface area contributed by atoms with Gasteiger partial charge in [0.2, 0.25) is 11.8 Å². The second kappa shape index (κ2) is 13.7. The zero-order valence-electron chi connectivity index (χ0n) is 16.9. The lowest BCUT2D eigenvalue weighted by atomic mass is 9.87. The second-order valence-electron chi connectivity index (χ2n) is 7.69. The molecule has 0 bridgehead atoms. The molecule has 8 heteroatoms. The van der Waals surface area contributed by atoms with Gasteiger partial charge in [0.25, 0.3) is 0 Å². The molecule has 0 saturated carbocycles. The molecule has 2 amide bonds. The summed E-state index contributed by atoms with van der Waals surface area (Å²) < 4.78 is 0. The summed E-state index contributed by atoms with van der Waals surface area (Å²) in [6.45, 7) is 7.47. The fourth-order valence-electron chi connectivity index (χ4n) is 2.37. The molecule has 0 atom stereocenters. The van der Waals surface area contributed by atoms with Gasteiger partial charge in [-0.15, -0.1) is 0 Å². The topological polar surface area (TPSA) is 106 Å². The van der Waals surface area contributed by atoms with Gasteiger partial charge in [0, 0.05) is 10.8 Å². The van der Waals surface area contributed by atoms with Crippen molar-refractivity contribution in [3.63, 3.8) is 0 Å². The van der Waals surface area contributed by atoms with Crippen LogP contribution in [0, 0.1) is 33.7 Å². The van der Waals surface area contributed by atoms with Crippen molar-refractivity contribution in [2.24, 2.45) is 10.8 Å². The van der Waals surface area contributed by atoms with Gasteiger partial charge in [0.05, 0.1) is 0 Å². The Morgan fingerprint density at radius 1 is 0.741 bits per heavy atom. The van der Waals surface area contributed by atoms with Crippen LogP contribution >= 0.6 is 23.5 Å². The van der Waals surface area contributed by atoms with Crippen molar-refractivity contribution in [3.8, 4) is 12.4 Å². The van der Waals surface area contributed by atoms with Gasteiger partial charge in [0.1, 0.15) is 0 Å². The predicted octanol–water partition coefficient (Wildman–Crippen LogP) is 3.65. The van der Waals surface area contributed by atoms with Gasteiger partial charge in [-0.25, -0.2) is 0 Å². The van der Waals surface area contributed by atoms with Crippen molar-refractivity contribution < 1.29 is 9.59 Å². The number of nitriles is 2. The molecule has 0 radical (unpaired) electrons. The molecule has 2 N–H and O–H groups in total. The summed E-state index contributed by atoms with van der Waals surface area (Å²) in [5, 5.41) is 21.5. The number of thioether (sulfide) groups is 2. The van der Waals surface area contributed by atoms with Gasteiger partial charge < -0.3 is 0 Å². The van der Waals surface area contributed by atoms with Crippen LogP contribution in [0.5, 0.6) is 0 Å². The summed E-state index contributed by atoms with van der Waals surface area (Å²) in [5.41, 5.74) is -0.992. The first kappa shape index (κ1) is 25.6. The summed E-state index contributed by atoms with van der Waals surface area (Å²) >= 11 is 3.81. The van der Waals surface area contributed by atoms with Gasteiger partial charge in [-0.05, 0) is 55.1 Å². The smallest absolute Gasteiger partial charge is 0.238 e. The van der Waals surface area contributed by atoms with Crippen molar-refractivity contribution >= 4 is 35.3 Å². The lowest BCUT2D eigenvalue weighted by Gasteiger charge is -2.21. The Kier molecular flexibility index (Phi) is 13.0. The molecular formula is C19H32N4O2S2. The standard InChI is InChI=1S/C19H32N4O2S2/c1-18(2,16(24)22-14-20)8-5-10-26-12-7-13-27-11-6-9-19(3,4)17(25)23-15-21/h5-13H2,1-4H3,(H,22,24)(H,23,25). The van der Waals surface area contributed by atoms with Crippen LogP contribution < -0.4 is 10.6 Å². The van der Waals surface area contributed by atoms with Gasteiger partial charge in [-0.1, -0.05) is 27.7 Å². The second-order valence-corrected chi connectivity index (χ2v) is 10.1. The van der Waals surface area contributed by atoms with E-state index in [0.29, 0.717) is 0 Å². The molecule has 0 aliphatic rings. The largest absolute Gasteiger partial charge is 0.273 e. The van der Waals surface area contributed by atoms with Crippen LogP contribution in [0.4, 0.5) is 0 Å². The normalized spacial score (nSPS) is 11.3. The minimum Gasteiger partial charge on any atom is -0.273 e. The first-order valence-electron chi connectivity index (χ1n) is 9.22. The maximum atomic E-state index is 11.7. The number of carbonyl (C=O) groups is 2. The molecule has 0 spiro atoms. The maximum absolute atomic E-state index is 11.7. The molecule has 27 heavy (non-hydrogen) atoms. The van der Waals surface area contributed by atoms with E-state index in [2.05, 4.69) is 10.6 Å². The highest BCUT2D eigenvalue weighted by atomic mass is 32.2. The molecule has 0 aliphatic heterocycles. The third kappa shape index (κ3) is 11.8. The Balaban J connectivity index is 3.61. The summed E-state index contributed by atoms with van der Waals surface area (Å²) in [6.07, 6.45) is 8.00. The number of rotatable bonds is 14. The van der Waals surface area contributed by atoms with E-state index in [-0.39, 0.29) is 11.8 Å². The Labute approximate surface area is 172 Å². The average molecular weight is 413 g/mol. The monoisotopic (exact) mass is 412 g/mol. The molecule has 0 unspecified atom stereocenters. The minimum atomic E-state index is -0.496. The van der Waals surface area contributed by atoms with E-state index in [0.717, 1.165) is 55.1 Å². The Morgan fingerprint density at radius 2 is 1.07 bits per heavy atom. The maximum Gasteiger partial charge on any atom is 0.238 e. The first-order valence-corrected chi connectivity index (χ1v) is 11.5. The number of carbonyl (C=O) groups excluding carboxylic acids is 2. The third-order valence-corrected chi connectivity index (χ3v) is 6.64. The van der Waals surface area contributed by atoms with E-state index < -0.39 is 10.8 Å². The first-order chi connectivity index (χ1) is 12.7. The molecule has 0 saturated heterocycles. The molecule has 0 aromatic rings. The van der Waals surface area contributed by atoms with Crippen molar-refractivity contribution in [1.29, 1.82) is 10.5 Å². The fraction of sp³-hybridized carbons (Fsp3) is 0.789. The van der Waals surface area contributed by atoms with Gasteiger partial charge in [0.15, 0.2) is 12.4 Å². The highest BCUT2D eigenvalue weighted by Gasteiger charge is 2.27. The quantitative estimate of drug-likeness (QED) is 0.256. The number of hydrogen-bond acceptors (Lipinski definition) is 6. The zero-order valence-corrected chi connectivity index (χ0v) is 18.5. The lowest BCUT2D eigenvalue weighted by Crippen LogP contribution is -2.34. The summed E-state index contributed by atoms with van der Waals surface area (Å²) in [5.74, 6) is 3.84. The fourth-order valence-corrected chi connectivity index (χ4v) is 4.35. The number of hydrogen-bond donors (Lipinski definition) is 2. The molecule has 0 fully saturated rings. The van der Waals surface area contributed by atoms with E-state index in [1.54, 1.807) is 12.4 Å². The van der Waals surface area contributed by atoms with Gasteiger partial charge in [-0.3, -0.25) is 20.2 Å². The molecular weight excluding hydrogens is 380 g/mol. The summed E-state index contributed by atoms with van der Waals surface area (Å²) in [7, 11) is 0. The van der Waals surface area contributed by atoms with E-state index in [1.807, 2.05) is 51.2 Å². The van der Waals surface area contributed by atoms with Crippen LogP contribution in [0.15, 0.2) is 0 Å². The zero-order chi connectivity index (χ0) is 20.8. The Hall–Kier alpha value is -1.38. The molecule has 0 aromatic carbocycles. The van der Waals surface area contributed by atoms with E-state index >= 15 is 0 Å². The van der Waals surface area contributed by atoms with Crippen LogP contribution in [-0.4, -0.2) is 34.8 Å². The third-order valence-electron chi connectivity index (χ3n) is 4.33. The predicted molar refractivity (Wildman–Crippen MR) is 113 cm³/mol. The van der Waals surface area contributed by atoms with Crippen LogP contribution in [0.3, 0.4) is 0 Å². The average Bonchev–Trinajstić information content (AvgIpc) is 2.59. The molecule has 0 heterocycles. The van der Waals surface area contributed by atoms with Crippen LogP contribution in [0.2, 0.25) is 0 Å². The molecule has 152 valence electrons. The van der Waals surface area contributed by atoms with Crippen LogP contribution in [-0.2, 0) is 9.59 Å². The van der Waals surface area contributed by atoms with E-state index in [1.165, 1.54) is 0 Å². The van der Waals surface area contributed by atoms with Crippen LogP contribution in [0.1, 0.15) is 59.8 Å². The SMILES string of the molecule is CC(C)(CCCSCCCSCCCC(C)(C)C(=O)NC#N)C(=O)NC#N. The highest BCUT2D eigenvalue weighted by molar-refractivity contribution is 8.00. The van der Waals surface area contributed by atoms with E-state index in [9.17, 15) is 9.59 Å². The van der Waals surface area contributed by atoms with Crippen molar-refractivity contribution in [3.05, 3.63) is 0 Å². The molecule has 0 aliphatic carbocycles.